The summed E-state index contributed by atoms with van der Waals surface area (Å²) in [6.07, 6.45) is 1.29. The highest BCUT2D eigenvalue weighted by molar-refractivity contribution is 6.31. The molecule has 1 heterocycles. The summed E-state index contributed by atoms with van der Waals surface area (Å²) in [7, 11) is 1.54. The summed E-state index contributed by atoms with van der Waals surface area (Å²) in [5.74, 6) is 0.366. The minimum Gasteiger partial charge on any atom is -0.495 e. The second-order valence-electron chi connectivity index (χ2n) is 6.66. The molecule has 0 unspecified atom stereocenters. The van der Waals surface area contributed by atoms with Crippen LogP contribution in [0.3, 0.4) is 0 Å². The van der Waals surface area contributed by atoms with Gasteiger partial charge in [0, 0.05) is 36.1 Å². The number of likely N-dealkylation sites (tertiary alicyclic amines) is 1. The van der Waals surface area contributed by atoms with Crippen molar-refractivity contribution in [1.82, 2.24) is 10.2 Å². The first kappa shape index (κ1) is 19.4. The number of carbonyl (C=O) groups excluding carboxylic acids is 2. The summed E-state index contributed by atoms with van der Waals surface area (Å²) >= 11 is 6.10. The predicted molar refractivity (Wildman–Crippen MR) is 99.3 cm³/mol. The van der Waals surface area contributed by atoms with Crippen LogP contribution in [-0.2, 0) is 4.79 Å². The van der Waals surface area contributed by atoms with Gasteiger partial charge >= 0.3 is 6.03 Å². The smallest absolute Gasteiger partial charge is 0.317 e. The molecule has 0 saturated carbocycles. The molecule has 25 heavy (non-hydrogen) atoms. The van der Waals surface area contributed by atoms with Gasteiger partial charge in [-0.15, -0.1) is 0 Å². The van der Waals surface area contributed by atoms with E-state index in [9.17, 15) is 9.59 Å². The van der Waals surface area contributed by atoms with Gasteiger partial charge in [-0.2, -0.15) is 0 Å². The van der Waals surface area contributed by atoms with Crippen LogP contribution in [0, 0.1) is 12.8 Å². The highest BCUT2D eigenvalue weighted by Crippen LogP contribution is 2.32. The fourth-order valence-electron chi connectivity index (χ4n) is 2.85. The topological polar surface area (TPSA) is 70.7 Å². The molecule has 1 aromatic carbocycles. The lowest BCUT2D eigenvalue weighted by molar-refractivity contribution is -0.121. The number of piperidine rings is 1. The first-order valence-corrected chi connectivity index (χ1v) is 8.90. The number of halogens is 1. The molecule has 1 aliphatic rings. The van der Waals surface area contributed by atoms with Crippen molar-refractivity contribution in [2.75, 3.05) is 25.5 Å². The van der Waals surface area contributed by atoms with Gasteiger partial charge in [0.15, 0.2) is 0 Å². The van der Waals surface area contributed by atoms with E-state index in [1.165, 1.54) is 0 Å². The summed E-state index contributed by atoms with van der Waals surface area (Å²) in [6, 6.07) is 3.55. The number of methoxy groups -OCH3 is 1. The fourth-order valence-corrected chi connectivity index (χ4v) is 3.00. The van der Waals surface area contributed by atoms with Crippen LogP contribution in [0.4, 0.5) is 10.5 Å². The maximum absolute atomic E-state index is 12.6. The Morgan fingerprint density at radius 1 is 1.28 bits per heavy atom. The molecule has 7 heteroatoms. The van der Waals surface area contributed by atoms with Crippen LogP contribution in [-0.4, -0.2) is 43.1 Å². The molecule has 0 atom stereocenters. The number of aryl methyl sites for hydroxylation is 1. The van der Waals surface area contributed by atoms with Crippen LogP contribution in [0.5, 0.6) is 5.75 Å². The average Bonchev–Trinajstić information content (AvgIpc) is 2.57. The molecule has 3 amide bonds. The van der Waals surface area contributed by atoms with Crippen LogP contribution < -0.4 is 15.4 Å². The number of urea groups is 1. The summed E-state index contributed by atoms with van der Waals surface area (Å²) in [5.41, 5.74) is 1.49. The average molecular weight is 368 g/mol. The van der Waals surface area contributed by atoms with Crippen LogP contribution in [0.1, 0.15) is 32.3 Å². The van der Waals surface area contributed by atoms with E-state index >= 15 is 0 Å². The molecule has 1 aromatic rings. The van der Waals surface area contributed by atoms with Gasteiger partial charge in [0.25, 0.3) is 0 Å². The third kappa shape index (κ3) is 5.01. The normalized spacial score (nSPS) is 15.2. The summed E-state index contributed by atoms with van der Waals surface area (Å²) in [5, 5.41) is 6.41. The number of hydrogen-bond donors (Lipinski definition) is 2. The number of anilines is 1. The number of rotatable bonds is 4. The van der Waals surface area contributed by atoms with Crippen molar-refractivity contribution in [2.45, 2.75) is 39.7 Å². The summed E-state index contributed by atoms with van der Waals surface area (Å²) in [6.45, 7) is 6.89. The number of nitrogens with zero attached hydrogens (tertiary/aromatic N) is 1. The number of amides is 3. The Balaban J connectivity index is 1.95. The van der Waals surface area contributed by atoms with Crippen LogP contribution in [0.15, 0.2) is 12.1 Å². The van der Waals surface area contributed by atoms with Crippen LogP contribution in [0.25, 0.3) is 0 Å². The third-order valence-electron chi connectivity index (χ3n) is 4.30. The maximum Gasteiger partial charge on any atom is 0.317 e. The highest BCUT2D eigenvalue weighted by atomic mass is 35.5. The van der Waals surface area contributed by atoms with Crippen molar-refractivity contribution in [3.8, 4) is 5.75 Å². The molecule has 0 radical (unpaired) electrons. The molecule has 1 aliphatic heterocycles. The second kappa shape index (κ2) is 8.43. The maximum atomic E-state index is 12.6. The van der Waals surface area contributed by atoms with Crippen molar-refractivity contribution >= 4 is 29.2 Å². The lowest BCUT2D eigenvalue weighted by Gasteiger charge is -2.32. The number of hydrogen-bond acceptors (Lipinski definition) is 3. The Hall–Kier alpha value is -1.95. The van der Waals surface area contributed by atoms with E-state index in [2.05, 4.69) is 10.6 Å². The van der Waals surface area contributed by atoms with Crippen molar-refractivity contribution < 1.29 is 14.3 Å². The van der Waals surface area contributed by atoms with E-state index < -0.39 is 0 Å². The number of nitrogens with one attached hydrogen (secondary N) is 2. The van der Waals surface area contributed by atoms with Crippen molar-refractivity contribution in [2.24, 2.45) is 5.92 Å². The number of carbonyl (C=O) groups is 2. The molecular formula is C18H26ClN3O3. The Morgan fingerprint density at radius 2 is 1.92 bits per heavy atom. The molecular weight excluding hydrogens is 342 g/mol. The lowest BCUT2D eigenvalue weighted by Crippen LogP contribution is -2.47. The molecule has 0 aliphatic carbocycles. The van der Waals surface area contributed by atoms with E-state index in [1.54, 1.807) is 18.1 Å². The highest BCUT2D eigenvalue weighted by Gasteiger charge is 2.28. The molecule has 0 aromatic heterocycles. The zero-order valence-corrected chi connectivity index (χ0v) is 15.9. The van der Waals surface area contributed by atoms with Crippen LogP contribution in [0.2, 0.25) is 5.02 Å². The molecule has 138 valence electrons. The molecule has 0 spiro atoms. The molecule has 2 rings (SSSR count). The van der Waals surface area contributed by atoms with Crippen LogP contribution >= 0.6 is 11.6 Å². The summed E-state index contributed by atoms with van der Waals surface area (Å²) in [4.78, 5) is 26.3. The first-order chi connectivity index (χ1) is 11.8. The second-order valence-corrected chi connectivity index (χ2v) is 7.06. The van der Waals surface area contributed by atoms with Gasteiger partial charge in [-0.05, 0) is 45.2 Å². The quantitative estimate of drug-likeness (QED) is 0.856. The third-order valence-corrected chi connectivity index (χ3v) is 4.71. The first-order valence-electron chi connectivity index (χ1n) is 8.52. The molecule has 2 N–H and O–H groups in total. The van der Waals surface area contributed by atoms with E-state index in [-0.39, 0.29) is 23.9 Å². The number of benzene rings is 1. The largest absolute Gasteiger partial charge is 0.495 e. The minimum absolute atomic E-state index is 0.0519. The van der Waals surface area contributed by atoms with Gasteiger partial charge < -0.3 is 20.3 Å². The van der Waals surface area contributed by atoms with Crippen molar-refractivity contribution in [3.63, 3.8) is 0 Å². The molecule has 1 saturated heterocycles. The molecule has 6 nitrogen and oxygen atoms in total. The van der Waals surface area contributed by atoms with Gasteiger partial charge in [0.2, 0.25) is 5.91 Å². The summed E-state index contributed by atoms with van der Waals surface area (Å²) < 4.78 is 5.29. The minimum atomic E-state index is -0.121. The SMILES string of the molecule is COc1cc(Cl)c(C)cc1NC(=O)C1CCN(C(=O)NC(C)C)CC1. The Morgan fingerprint density at radius 3 is 2.48 bits per heavy atom. The Kier molecular flexibility index (Phi) is 6.53. The van der Waals surface area contributed by atoms with Crippen molar-refractivity contribution in [3.05, 3.63) is 22.7 Å². The van der Waals surface area contributed by atoms with E-state index in [4.69, 9.17) is 16.3 Å². The van der Waals surface area contributed by atoms with E-state index in [1.807, 2.05) is 26.8 Å². The van der Waals surface area contributed by atoms with E-state index in [0.717, 1.165) is 5.56 Å². The Bertz CT molecular complexity index is 641. The zero-order valence-electron chi connectivity index (χ0n) is 15.2. The van der Waals surface area contributed by atoms with Gasteiger partial charge in [0.1, 0.15) is 5.75 Å². The molecule has 0 bridgehead atoms. The van der Waals surface area contributed by atoms with Gasteiger partial charge in [-0.3, -0.25) is 4.79 Å². The standard InChI is InChI=1S/C18H26ClN3O3/c1-11(2)20-18(24)22-7-5-13(6-8-22)17(23)21-15-9-12(3)14(19)10-16(15)25-4/h9-11,13H,5-8H2,1-4H3,(H,20,24)(H,21,23). The molecule has 1 fully saturated rings. The predicted octanol–water partition coefficient (Wildman–Crippen LogP) is 3.43. The Labute approximate surface area is 153 Å². The van der Waals surface area contributed by atoms with E-state index in [0.29, 0.717) is 42.4 Å². The van der Waals surface area contributed by atoms with Crippen molar-refractivity contribution in [1.29, 1.82) is 0 Å². The van der Waals surface area contributed by atoms with Gasteiger partial charge in [-0.1, -0.05) is 11.6 Å². The van der Waals surface area contributed by atoms with Gasteiger partial charge in [-0.25, -0.2) is 4.79 Å². The monoisotopic (exact) mass is 367 g/mol. The van der Waals surface area contributed by atoms with Gasteiger partial charge in [0.05, 0.1) is 12.8 Å². The zero-order chi connectivity index (χ0) is 18.6. The fraction of sp³-hybridized carbons (Fsp3) is 0.556. The number of ether oxygens (including phenoxy) is 1. The lowest BCUT2D eigenvalue weighted by atomic mass is 9.96.